The second kappa shape index (κ2) is 7.81. The molecule has 0 aromatic carbocycles. The fourth-order valence-electron chi connectivity index (χ4n) is 3.10. The highest BCUT2D eigenvalue weighted by Gasteiger charge is 2.34. The Morgan fingerprint density at radius 1 is 1.14 bits per heavy atom. The smallest absolute Gasteiger partial charge is 0.245 e. The van der Waals surface area contributed by atoms with Crippen molar-refractivity contribution in [1.82, 2.24) is 10.2 Å². The summed E-state index contributed by atoms with van der Waals surface area (Å²) in [6.45, 7) is 14.2. The molecule has 0 aliphatic carbocycles. The van der Waals surface area contributed by atoms with Crippen LogP contribution in [0.25, 0.3) is 0 Å². The zero-order chi connectivity index (χ0) is 16.2. The molecule has 1 fully saturated rings. The summed E-state index contributed by atoms with van der Waals surface area (Å²) < 4.78 is 0. The molecular formula is C17H32N2O2. The number of amides is 2. The van der Waals surface area contributed by atoms with Crippen LogP contribution in [-0.4, -0.2) is 35.8 Å². The van der Waals surface area contributed by atoms with Gasteiger partial charge in [-0.15, -0.1) is 0 Å². The topological polar surface area (TPSA) is 49.4 Å². The summed E-state index contributed by atoms with van der Waals surface area (Å²) in [6.07, 6.45) is 1.31. The van der Waals surface area contributed by atoms with Crippen molar-refractivity contribution in [2.45, 2.75) is 60.4 Å². The van der Waals surface area contributed by atoms with Gasteiger partial charge >= 0.3 is 0 Å². The molecule has 1 N–H and O–H groups in total. The SMILES string of the molecule is CCC(C)C1NC(=O)CCN(CC(C(C)C)C(C)C)C1=O. The summed E-state index contributed by atoms with van der Waals surface area (Å²) in [6, 6.07) is -0.357. The predicted molar refractivity (Wildman–Crippen MR) is 85.7 cm³/mol. The molecule has 4 heteroatoms. The van der Waals surface area contributed by atoms with E-state index in [0.29, 0.717) is 30.7 Å². The number of carbonyl (C=O) groups is 2. The molecular weight excluding hydrogens is 264 g/mol. The van der Waals surface area contributed by atoms with Crippen molar-refractivity contribution >= 4 is 11.8 Å². The van der Waals surface area contributed by atoms with E-state index in [0.717, 1.165) is 13.0 Å². The monoisotopic (exact) mass is 296 g/mol. The van der Waals surface area contributed by atoms with Crippen LogP contribution >= 0.6 is 0 Å². The predicted octanol–water partition coefficient (Wildman–Crippen LogP) is 2.68. The summed E-state index contributed by atoms with van der Waals surface area (Å²) >= 11 is 0. The molecule has 21 heavy (non-hydrogen) atoms. The van der Waals surface area contributed by atoms with Gasteiger partial charge in [-0.2, -0.15) is 0 Å². The van der Waals surface area contributed by atoms with E-state index < -0.39 is 0 Å². The molecule has 2 unspecified atom stereocenters. The molecule has 0 spiro atoms. The van der Waals surface area contributed by atoms with Gasteiger partial charge in [-0.05, 0) is 23.7 Å². The fraction of sp³-hybridized carbons (Fsp3) is 0.882. The van der Waals surface area contributed by atoms with E-state index >= 15 is 0 Å². The fourth-order valence-corrected chi connectivity index (χ4v) is 3.10. The maximum absolute atomic E-state index is 12.8. The van der Waals surface area contributed by atoms with Crippen LogP contribution in [-0.2, 0) is 9.59 Å². The van der Waals surface area contributed by atoms with E-state index in [9.17, 15) is 9.59 Å². The first kappa shape index (κ1) is 18.0. The summed E-state index contributed by atoms with van der Waals surface area (Å²) in [5.74, 6) is 1.82. The van der Waals surface area contributed by atoms with Crippen LogP contribution in [0, 0.1) is 23.7 Å². The van der Waals surface area contributed by atoms with Crippen molar-refractivity contribution in [3.8, 4) is 0 Å². The van der Waals surface area contributed by atoms with Gasteiger partial charge < -0.3 is 10.2 Å². The van der Waals surface area contributed by atoms with Crippen molar-refractivity contribution in [1.29, 1.82) is 0 Å². The Kier molecular flexibility index (Phi) is 6.69. The van der Waals surface area contributed by atoms with Crippen molar-refractivity contribution < 1.29 is 9.59 Å². The number of hydrogen-bond acceptors (Lipinski definition) is 2. The lowest BCUT2D eigenvalue weighted by atomic mass is 9.85. The molecule has 0 aromatic rings. The first-order valence-electron chi connectivity index (χ1n) is 8.36. The summed E-state index contributed by atoms with van der Waals surface area (Å²) in [5, 5.41) is 2.91. The molecule has 0 radical (unpaired) electrons. The Morgan fingerprint density at radius 2 is 1.71 bits per heavy atom. The van der Waals surface area contributed by atoms with Gasteiger partial charge in [0.25, 0.3) is 0 Å². The molecule has 4 nitrogen and oxygen atoms in total. The number of carbonyl (C=O) groups excluding carboxylic acids is 2. The summed E-state index contributed by atoms with van der Waals surface area (Å²) in [5.41, 5.74) is 0. The summed E-state index contributed by atoms with van der Waals surface area (Å²) in [4.78, 5) is 26.6. The van der Waals surface area contributed by atoms with Gasteiger partial charge in [-0.1, -0.05) is 48.0 Å². The summed E-state index contributed by atoms with van der Waals surface area (Å²) in [7, 11) is 0. The molecule has 2 atom stereocenters. The Balaban J connectivity index is 2.89. The first-order valence-corrected chi connectivity index (χ1v) is 8.36. The van der Waals surface area contributed by atoms with Crippen LogP contribution in [0.4, 0.5) is 0 Å². The molecule has 0 aromatic heterocycles. The van der Waals surface area contributed by atoms with E-state index in [4.69, 9.17) is 0 Å². The van der Waals surface area contributed by atoms with E-state index in [2.05, 4.69) is 39.9 Å². The molecule has 0 saturated carbocycles. The van der Waals surface area contributed by atoms with Gasteiger partial charge in [0.1, 0.15) is 6.04 Å². The van der Waals surface area contributed by atoms with Gasteiger partial charge in [-0.3, -0.25) is 9.59 Å². The quantitative estimate of drug-likeness (QED) is 0.819. The second-order valence-corrected chi connectivity index (χ2v) is 7.12. The van der Waals surface area contributed by atoms with Gasteiger partial charge in [-0.25, -0.2) is 0 Å². The molecule has 1 aliphatic heterocycles. The molecule has 1 rings (SSSR count). The molecule has 0 bridgehead atoms. The van der Waals surface area contributed by atoms with Crippen LogP contribution in [0.2, 0.25) is 0 Å². The maximum atomic E-state index is 12.8. The Bertz CT molecular complexity index is 358. The third kappa shape index (κ3) is 4.72. The van der Waals surface area contributed by atoms with Gasteiger partial charge in [0.05, 0.1) is 0 Å². The normalized spacial score (nSPS) is 22.0. The second-order valence-electron chi connectivity index (χ2n) is 7.12. The Morgan fingerprint density at radius 3 is 2.19 bits per heavy atom. The third-order valence-corrected chi connectivity index (χ3v) is 4.86. The highest BCUT2D eigenvalue weighted by molar-refractivity contribution is 5.90. The molecule has 2 amide bonds. The van der Waals surface area contributed by atoms with E-state index in [-0.39, 0.29) is 23.8 Å². The minimum Gasteiger partial charge on any atom is -0.344 e. The largest absolute Gasteiger partial charge is 0.344 e. The maximum Gasteiger partial charge on any atom is 0.245 e. The van der Waals surface area contributed by atoms with Gasteiger partial charge in [0.2, 0.25) is 11.8 Å². The molecule has 122 valence electrons. The number of rotatable bonds is 6. The number of hydrogen-bond donors (Lipinski definition) is 1. The number of nitrogens with zero attached hydrogens (tertiary/aromatic N) is 1. The Hall–Kier alpha value is -1.06. The van der Waals surface area contributed by atoms with Crippen molar-refractivity contribution in [2.24, 2.45) is 23.7 Å². The van der Waals surface area contributed by atoms with Gasteiger partial charge in [0, 0.05) is 19.5 Å². The van der Waals surface area contributed by atoms with Crippen molar-refractivity contribution in [2.75, 3.05) is 13.1 Å². The van der Waals surface area contributed by atoms with E-state index in [1.54, 1.807) is 0 Å². The zero-order valence-electron chi connectivity index (χ0n) is 14.5. The highest BCUT2D eigenvalue weighted by atomic mass is 16.2. The van der Waals surface area contributed by atoms with Crippen LogP contribution in [0.5, 0.6) is 0 Å². The van der Waals surface area contributed by atoms with Crippen LogP contribution in [0.15, 0.2) is 0 Å². The van der Waals surface area contributed by atoms with Crippen LogP contribution in [0.1, 0.15) is 54.4 Å². The Labute approximate surface area is 129 Å². The minimum absolute atomic E-state index is 0.00166. The van der Waals surface area contributed by atoms with Gasteiger partial charge in [0.15, 0.2) is 0 Å². The van der Waals surface area contributed by atoms with Crippen LogP contribution in [0.3, 0.4) is 0 Å². The van der Waals surface area contributed by atoms with E-state index in [1.165, 1.54) is 0 Å². The lowest BCUT2D eigenvalue weighted by Crippen LogP contribution is -2.49. The average molecular weight is 296 g/mol. The van der Waals surface area contributed by atoms with Crippen molar-refractivity contribution in [3.63, 3.8) is 0 Å². The van der Waals surface area contributed by atoms with E-state index in [1.807, 2.05) is 11.8 Å². The first-order chi connectivity index (χ1) is 9.77. The number of nitrogens with one attached hydrogen (secondary N) is 1. The average Bonchev–Trinajstić information content (AvgIpc) is 2.55. The molecule has 1 saturated heterocycles. The standard InChI is InChI=1S/C17H32N2O2/c1-7-13(6)16-17(21)19(9-8-15(20)18-16)10-14(11(2)3)12(4)5/h11-14,16H,7-10H2,1-6H3,(H,18,20). The third-order valence-electron chi connectivity index (χ3n) is 4.86. The zero-order valence-corrected chi connectivity index (χ0v) is 14.5. The minimum atomic E-state index is -0.357. The molecule has 1 heterocycles. The lowest BCUT2D eigenvalue weighted by Gasteiger charge is -2.33. The highest BCUT2D eigenvalue weighted by Crippen LogP contribution is 2.23. The van der Waals surface area contributed by atoms with Crippen LogP contribution < -0.4 is 5.32 Å². The molecule has 1 aliphatic rings. The lowest BCUT2D eigenvalue weighted by molar-refractivity contribution is -0.135. The van der Waals surface area contributed by atoms with Crippen molar-refractivity contribution in [3.05, 3.63) is 0 Å².